The molecule has 0 saturated carbocycles. The van der Waals surface area contributed by atoms with Gasteiger partial charge in [0.25, 0.3) is 0 Å². The number of ether oxygens (including phenoxy) is 1. The van der Waals surface area contributed by atoms with E-state index in [0.717, 1.165) is 0 Å². The van der Waals surface area contributed by atoms with Crippen LogP contribution in [0.1, 0.15) is 32.4 Å². The van der Waals surface area contributed by atoms with Crippen LogP contribution in [-0.4, -0.2) is 16.3 Å². The van der Waals surface area contributed by atoms with Gasteiger partial charge >= 0.3 is 0 Å². The van der Waals surface area contributed by atoms with Crippen LogP contribution >= 0.6 is 0 Å². The fourth-order valence-corrected chi connectivity index (χ4v) is 1.21. The summed E-state index contributed by atoms with van der Waals surface area (Å²) < 4.78 is 5.44. The van der Waals surface area contributed by atoms with Gasteiger partial charge in [0.2, 0.25) is 0 Å². The van der Waals surface area contributed by atoms with Crippen LogP contribution in [0.4, 0.5) is 0 Å². The fourth-order valence-electron chi connectivity index (χ4n) is 1.21. The van der Waals surface area contributed by atoms with Crippen LogP contribution in [0.25, 0.3) is 0 Å². The van der Waals surface area contributed by atoms with Crippen molar-refractivity contribution in [1.29, 1.82) is 0 Å². The van der Waals surface area contributed by atoms with Gasteiger partial charge in [-0.05, 0) is 39.0 Å². The van der Waals surface area contributed by atoms with Crippen molar-refractivity contribution in [2.24, 2.45) is 0 Å². The van der Waals surface area contributed by atoms with Gasteiger partial charge in [-0.1, -0.05) is 0 Å². The van der Waals surface area contributed by atoms with Crippen LogP contribution in [0.2, 0.25) is 0 Å². The second-order valence-electron chi connectivity index (χ2n) is 3.56. The number of phenolic OH excluding ortho intramolecular Hbond substituents is 1. The molecule has 0 radical (unpaired) electrons. The maximum Gasteiger partial charge on any atom is 0.121 e. The summed E-state index contributed by atoms with van der Waals surface area (Å²) in [5, 5.41) is 18.8. The molecule has 0 saturated heterocycles. The highest BCUT2D eigenvalue weighted by molar-refractivity contribution is 5.40. The van der Waals surface area contributed by atoms with Gasteiger partial charge in [0.1, 0.15) is 11.5 Å². The molecule has 1 aromatic carbocycles. The number of aliphatic hydroxyl groups is 1. The lowest BCUT2D eigenvalue weighted by Crippen LogP contribution is -2.06. The Labute approximate surface area is 84.0 Å². The zero-order chi connectivity index (χ0) is 10.7. The first-order valence-electron chi connectivity index (χ1n) is 4.68. The van der Waals surface area contributed by atoms with Crippen LogP contribution in [-0.2, 0) is 0 Å². The molecule has 0 fully saturated rings. The Hall–Kier alpha value is -1.22. The number of phenols is 1. The first-order chi connectivity index (χ1) is 6.50. The van der Waals surface area contributed by atoms with Gasteiger partial charge in [0.15, 0.2) is 0 Å². The standard InChI is InChI=1S/C11H16O3/c1-7(2)14-9-4-5-11(13)10(6-9)8(3)12/h4-8,12-13H,1-3H3. The smallest absolute Gasteiger partial charge is 0.121 e. The molecule has 1 aromatic rings. The number of hydrogen-bond acceptors (Lipinski definition) is 3. The van der Waals surface area contributed by atoms with E-state index in [4.69, 9.17) is 4.74 Å². The number of aromatic hydroxyl groups is 1. The van der Waals surface area contributed by atoms with Crippen molar-refractivity contribution < 1.29 is 14.9 Å². The van der Waals surface area contributed by atoms with E-state index >= 15 is 0 Å². The van der Waals surface area contributed by atoms with Gasteiger partial charge < -0.3 is 14.9 Å². The summed E-state index contributed by atoms with van der Waals surface area (Å²) in [5.41, 5.74) is 0.489. The molecule has 1 atom stereocenters. The minimum absolute atomic E-state index is 0.0846. The Bertz CT molecular complexity index is 305. The highest BCUT2D eigenvalue weighted by Crippen LogP contribution is 2.28. The monoisotopic (exact) mass is 196 g/mol. The fraction of sp³-hybridized carbons (Fsp3) is 0.455. The normalized spacial score (nSPS) is 12.9. The lowest BCUT2D eigenvalue weighted by Gasteiger charge is -2.13. The first kappa shape index (κ1) is 10.9. The predicted octanol–water partition coefficient (Wildman–Crippen LogP) is 2.23. The molecule has 3 heteroatoms. The van der Waals surface area contributed by atoms with E-state index in [9.17, 15) is 10.2 Å². The van der Waals surface area contributed by atoms with Crippen LogP contribution < -0.4 is 4.74 Å². The van der Waals surface area contributed by atoms with Crippen molar-refractivity contribution >= 4 is 0 Å². The minimum atomic E-state index is -0.689. The maximum absolute atomic E-state index is 9.42. The van der Waals surface area contributed by atoms with Crippen LogP contribution in [0.15, 0.2) is 18.2 Å². The average Bonchev–Trinajstić information content (AvgIpc) is 2.07. The van der Waals surface area contributed by atoms with Crippen molar-refractivity contribution in [1.82, 2.24) is 0 Å². The predicted molar refractivity (Wildman–Crippen MR) is 54.5 cm³/mol. The Morgan fingerprint density at radius 1 is 1.21 bits per heavy atom. The third kappa shape index (κ3) is 2.64. The molecular weight excluding hydrogens is 180 g/mol. The Morgan fingerprint density at radius 2 is 1.86 bits per heavy atom. The maximum atomic E-state index is 9.42. The number of rotatable bonds is 3. The van der Waals surface area contributed by atoms with Gasteiger partial charge in [-0.2, -0.15) is 0 Å². The summed E-state index contributed by atoms with van der Waals surface area (Å²) in [7, 11) is 0. The Balaban J connectivity index is 2.94. The van der Waals surface area contributed by atoms with Crippen molar-refractivity contribution in [2.75, 3.05) is 0 Å². The molecule has 0 amide bonds. The van der Waals surface area contributed by atoms with Gasteiger partial charge in [0.05, 0.1) is 12.2 Å². The summed E-state index contributed by atoms with van der Waals surface area (Å²) in [6, 6.07) is 4.86. The van der Waals surface area contributed by atoms with Crippen LogP contribution in [0.3, 0.4) is 0 Å². The molecule has 0 aromatic heterocycles. The molecule has 0 aliphatic carbocycles. The van der Waals surface area contributed by atoms with Crippen LogP contribution in [0, 0.1) is 0 Å². The molecule has 1 rings (SSSR count). The summed E-state index contributed by atoms with van der Waals surface area (Å²) in [6.07, 6.45) is -0.605. The molecule has 0 spiro atoms. The molecule has 1 unspecified atom stereocenters. The molecule has 0 heterocycles. The molecular formula is C11H16O3. The highest BCUT2D eigenvalue weighted by atomic mass is 16.5. The molecule has 3 nitrogen and oxygen atoms in total. The van der Waals surface area contributed by atoms with E-state index in [0.29, 0.717) is 11.3 Å². The number of aliphatic hydroxyl groups excluding tert-OH is 1. The van der Waals surface area contributed by atoms with Crippen molar-refractivity contribution in [2.45, 2.75) is 33.0 Å². The van der Waals surface area contributed by atoms with Crippen molar-refractivity contribution in [3.8, 4) is 11.5 Å². The highest BCUT2D eigenvalue weighted by Gasteiger charge is 2.09. The molecule has 14 heavy (non-hydrogen) atoms. The van der Waals surface area contributed by atoms with Gasteiger partial charge in [-0.15, -0.1) is 0 Å². The summed E-state index contributed by atoms with van der Waals surface area (Å²) in [5.74, 6) is 0.754. The van der Waals surface area contributed by atoms with E-state index in [1.807, 2.05) is 13.8 Å². The van der Waals surface area contributed by atoms with Gasteiger partial charge in [-0.25, -0.2) is 0 Å². The molecule has 0 aliphatic heterocycles. The van der Waals surface area contributed by atoms with Crippen molar-refractivity contribution in [3.05, 3.63) is 23.8 Å². The SMILES string of the molecule is CC(C)Oc1ccc(O)c(C(C)O)c1. The topological polar surface area (TPSA) is 49.7 Å². The summed E-state index contributed by atoms with van der Waals surface area (Å²) in [6.45, 7) is 5.46. The van der Waals surface area contributed by atoms with Crippen LogP contribution in [0.5, 0.6) is 11.5 Å². The van der Waals surface area contributed by atoms with Gasteiger partial charge in [0, 0.05) is 5.56 Å². The second kappa shape index (κ2) is 4.33. The number of hydrogen-bond donors (Lipinski definition) is 2. The second-order valence-corrected chi connectivity index (χ2v) is 3.56. The summed E-state index contributed by atoms with van der Waals surface area (Å²) in [4.78, 5) is 0. The van der Waals surface area contributed by atoms with E-state index in [2.05, 4.69) is 0 Å². The quantitative estimate of drug-likeness (QED) is 0.779. The Morgan fingerprint density at radius 3 is 2.36 bits per heavy atom. The third-order valence-electron chi connectivity index (χ3n) is 1.82. The van der Waals surface area contributed by atoms with Crippen molar-refractivity contribution in [3.63, 3.8) is 0 Å². The average molecular weight is 196 g/mol. The lowest BCUT2D eigenvalue weighted by molar-refractivity contribution is 0.192. The molecule has 78 valence electrons. The zero-order valence-corrected chi connectivity index (χ0v) is 8.69. The molecule has 2 N–H and O–H groups in total. The van der Waals surface area contributed by atoms with E-state index in [1.165, 1.54) is 6.07 Å². The minimum Gasteiger partial charge on any atom is -0.508 e. The number of benzene rings is 1. The lowest BCUT2D eigenvalue weighted by atomic mass is 10.1. The van der Waals surface area contributed by atoms with E-state index in [1.54, 1.807) is 19.1 Å². The van der Waals surface area contributed by atoms with E-state index < -0.39 is 6.10 Å². The zero-order valence-electron chi connectivity index (χ0n) is 8.69. The summed E-state index contributed by atoms with van der Waals surface area (Å²) >= 11 is 0. The molecule has 0 bridgehead atoms. The third-order valence-corrected chi connectivity index (χ3v) is 1.82. The molecule has 0 aliphatic rings. The van der Waals surface area contributed by atoms with Gasteiger partial charge in [-0.3, -0.25) is 0 Å². The first-order valence-corrected chi connectivity index (χ1v) is 4.68. The largest absolute Gasteiger partial charge is 0.508 e. The van der Waals surface area contributed by atoms with E-state index in [-0.39, 0.29) is 11.9 Å². The Kier molecular flexibility index (Phi) is 3.36.